The number of hydrogen-bond donors (Lipinski definition) is 0. The average Bonchev–Trinajstić information content (AvgIpc) is 3.98. The predicted octanol–water partition coefficient (Wildman–Crippen LogP) is 14.5. The van der Waals surface area contributed by atoms with E-state index < -0.39 is 0 Å². The van der Waals surface area contributed by atoms with Gasteiger partial charge in [-0.05, 0) is 87.3 Å². The summed E-state index contributed by atoms with van der Waals surface area (Å²) in [6, 6.07) is 60.5. The number of aromatic nitrogens is 3. The average molecular weight is 756 g/mol. The minimum absolute atomic E-state index is 0.572. The number of fused-ring (bicyclic) bond motifs is 11. The molecule has 13 aromatic rings. The largest absolute Gasteiger partial charge is 0.456 e. The molecule has 9 aromatic carbocycles. The van der Waals surface area contributed by atoms with Gasteiger partial charge in [-0.2, -0.15) is 0 Å². The van der Waals surface area contributed by atoms with E-state index in [0.29, 0.717) is 17.5 Å². The first-order chi connectivity index (χ1) is 29.2. The standard InChI is InChI=1S/C53H29N3O3/c1-4-17-43-37(11-1)42-28-30-22-23-32(27-34(30)29-48(42)59-43)51-54-52(56-53(55-51)41-16-9-21-47-50(41)40-13-3-6-19-45(40)58-47)33-24-25-35-31(26-33)10-7-14-36(35)38-15-8-20-46-49(38)39-12-2-5-18-44(39)57-46/h1-29H. The summed E-state index contributed by atoms with van der Waals surface area (Å²) in [4.78, 5) is 15.6. The van der Waals surface area contributed by atoms with Crippen molar-refractivity contribution >= 4 is 87.4 Å². The molecule has 0 saturated carbocycles. The highest BCUT2D eigenvalue weighted by molar-refractivity contribution is 6.16. The quantitative estimate of drug-likeness (QED) is 0.178. The van der Waals surface area contributed by atoms with Crippen molar-refractivity contribution in [1.82, 2.24) is 15.0 Å². The number of rotatable bonds is 4. The normalized spacial score (nSPS) is 12.1. The third-order valence-electron chi connectivity index (χ3n) is 11.7. The van der Waals surface area contributed by atoms with Gasteiger partial charge < -0.3 is 13.3 Å². The first-order valence-corrected chi connectivity index (χ1v) is 19.7. The molecule has 0 fully saturated rings. The molecule has 13 rings (SSSR count). The van der Waals surface area contributed by atoms with Gasteiger partial charge in [0.1, 0.15) is 33.5 Å². The molecule has 0 amide bonds. The van der Waals surface area contributed by atoms with Crippen LogP contribution in [0.3, 0.4) is 0 Å². The first kappa shape index (κ1) is 32.0. The van der Waals surface area contributed by atoms with Crippen molar-refractivity contribution < 1.29 is 13.3 Å². The van der Waals surface area contributed by atoms with E-state index in [4.69, 9.17) is 28.2 Å². The SMILES string of the molecule is c1cc(-c2cccc3oc4ccccc4c23)c2ccc(-c3nc(-c4ccc5cc6c(cc5c4)oc4ccccc46)nc(-c4cccc5oc6ccccc6c45)n3)cc2c1. The number of hydrogen-bond acceptors (Lipinski definition) is 6. The summed E-state index contributed by atoms with van der Waals surface area (Å²) in [5.74, 6) is 1.73. The zero-order valence-electron chi connectivity index (χ0n) is 31.3. The van der Waals surface area contributed by atoms with E-state index in [1.807, 2.05) is 66.7 Å². The maximum Gasteiger partial charge on any atom is 0.164 e. The monoisotopic (exact) mass is 755 g/mol. The van der Waals surface area contributed by atoms with E-state index in [-0.39, 0.29) is 0 Å². The van der Waals surface area contributed by atoms with E-state index >= 15 is 0 Å². The second-order valence-corrected chi connectivity index (χ2v) is 15.1. The van der Waals surface area contributed by atoms with Gasteiger partial charge in [-0.15, -0.1) is 0 Å². The van der Waals surface area contributed by atoms with Crippen molar-refractivity contribution in [3.8, 4) is 45.3 Å². The van der Waals surface area contributed by atoms with Gasteiger partial charge in [0, 0.05) is 49.0 Å². The van der Waals surface area contributed by atoms with Crippen molar-refractivity contribution in [1.29, 1.82) is 0 Å². The Balaban J connectivity index is 1.01. The van der Waals surface area contributed by atoms with Crippen molar-refractivity contribution in [2.45, 2.75) is 0 Å². The summed E-state index contributed by atoms with van der Waals surface area (Å²) >= 11 is 0. The van der Waals surface area contributed by atoms with Crippen LogP contribution in [0.25, 0.3) is 133 Å². The number of nitrogens with zero attached hydrogens (tertiary/aromatic N) is 3. The molecule has 0 aliphatic rings. The molecule has 4 heterocycles. The van der Waals surface area contributed by atoms with Gasteiger partial charge in [0.2, 0.25) is 0 Å². The van der Waals surface area contributed by atoms with E-state index in [2.05, 4.69) is 109 Å². The van der Waals surface area contributed by atoms with Crippen LogP contribution < -0.4 is 0 Å². The fourth-order valence-corrected chi connectivity index (χ4v) is 8.98. The Labute approximate surface area is 335 Å². The van der Waals surface area contributed by atoms with Gasteiger partial charge in [-0.25, -0.2) is 15.0 Å². The molecule has 0 bridgehead atoms. The summed E-state index contributed by atoms with van der Waals surface area (Å²) in [6.45, 7) is 0. The number of para-hydroxylation sites is 3. The molecule has 0 aliphatic heterocycles. The van der Waals surface area contributed by atoms with Crippen LogP contribution in [-0.2, 0) is 0 Å². The highest BCUT2D eigenvalue weighted by Crippen LogP contribution is 2.41. The molecule has 59 heavy (non-hydrogen) atoms. The first-order valence-electron chi connectivity index (χ1n) is 19.7. The van der Waals surface area contributed by atoms with Crippen molar-refractivity contribution in [2.24, 2.45) is 0 Å². The lowest BCUT2D eigenvalue weighted by Gasteiger charge is -2.12. The summed E-state index contributed by atoms with van der Waals surface area (Å²) in [6.07, 6.45) is 0. The Bertz CT molecular complexity index is 3870. The Morgan fingerprint density at radius 1 is 0.271 bits per heavy atom. The van der Waals surface area contributed by atoms with Crippen LogP contribution in [0, 0.1) is 0 Å². The number of furan rings is 3. The van der Waals surface area contributed by atoms with Crippen LogP contribution in [0.1, 0.15) is 0 Å². The minimum atomic E-state index is 0.572. The van der Waals surface area contributed by atoms with Crippen molar-refractivity contribution in [3.63, 3.8) is 0 Å². The summed E-state index contributed by atoms with van der Waals surface area (Å²) in [7, 11) is 0. The zero-order chi connectivity index (χ0) is 38.6. The lowest BCUT2D eigenvalue weighted by Crippen LogP contribution is -2.00. The summed E-state index contributed by atoms with van der Waals surface area (Å²) in [5, 5.41) is 10.8. The molecule has 6 heteroatoms. The predicted molar refractivity (Wildman–Crippen MR) is 238 cm³/mol. The molecule has 0 N–H and O–H groups in total. The third kappa shape index (κ3) is 4.90. The van der Waals surface area contributed by atoms with E-state index in [0.717, 1.165) is 115 Å². The van der Waals surface area contributed by atoms with Gasteiger partial charge in [0.25, 0.3) is 0 Å². The van der Waals surface area contributed by atoms with Crippen molar-refractivity contribution in [3.05, 3.63) is 176 Å². The Morgan fingerprint density at radius 2 is 0.797 bits per heavy atom. The minimum Gasteiger partial charge on any atom is -0.456 e. The van der Waals surface area contributed by atoms with Crippen LogP contribution in [0.15, 0.2) is 189 Å². The van der Waals surface area contributed by atoms with Gasteiger partial charge in [-0.1, -0.05) is 121 Å². The molecule has 0 unspecified atom stereocenters. The van der Waals surface area contributed by atoms with Gasteiger partial charge in [0.05, 0.1) is 0 Å². The molecule has 6 nitrogen and oxygen atoms in total. The lowest BCUT2D eigenvalue weighted by atomic mass is 9.94. The van der Waals surface area contributed by atoms with Gasteiger partial charge in [0.15, 0.2) is 17.5 Å². The Kier molecular flexibility index (Phi) is 6.63. The maximum atomic E-state index is 6.30. The molecule has 0 saturated heterocycles. The van der Waals surface area contributed by atoms with Gasteiger partial charge >= 0.3 is 0 Å². The fourth-order valence-electron chi connectivity index (χ4n) is 8.98. The van der Waals surface area contributed by atoms with E-state index in [9.17, 15) is 0 Å². The molecule has 274 valence electrons. The summed E-state index contributed by atoms with van der Waals surface area (Å²) < 4.78 is 18.9. The highest BCUT2D eigenvalue weighted by atomic mass is 16.3. The molecular formula is C53H29N3O3. The van der Waals surface area contributed by atoms with Crippen LogP contribution >= 0.6 is 0 Å². The van der Waals surface area contributed by atoms with Crippen LogP contribution in [0.4, 0.5) is 0 Å². The van der Waals surface area contributed by atoms with Crippen LogP contribution in [-0.4, -0.2) is 15.0 Å². The molecular weight excluding hydrogens is 727 g/mol. The maximum absolute atomic E-state index is 6.30. The molecule has 0 atom stereocenters. The third-order valence-corrected chi connectivity index (χ3v) is 11.7. The smallest absolute Gasteiger partial charge is 0.164 e. The second-order valence-electron chi connectivity index (χ2n) is 15.1. The Hall–Kier alpha value is -8.09. The molecule has 4 aromatic heterocycles. The van der Waals surface area contributed by atoms with Crippen LogP contribution in [0.5, 0.6) is 0 Å². The zero-order valence-corrected chi connectivity index (χ0v) is 31.3. The van der Waals surface area contributed by atoms with Gasteiger partial charge in [-0.3, -0.25) is 0 Å². The van der Waals surface area contributed by atoms with E-state index in [1.165, 1.54) is 0 Å². The summed E-state index contributed by atoms with van der Waals surface area (Å²) in [5.41, 5.74) is 10.00. The number of benzene rings is 9. The topological polar surface area (TPSA) is 78.1 Å². The van der Waals surface area contributed by atoms with E-state index in [1.54, 1.807) is 0 Å². The highest BCUT2D eigenvalue weighted by Gasteiger charge is 2.20. The molecule has 0 spiro atoms. The Morgan fingerprint density at radius 3 is 1.53 bits per heavy atom. The fraction of sp³-hybridized carbons (Fsp3) is 0. The molecule has 0 radical (unpaired) electrons. The lowest BCUT2D eigenvalue weighted by molar-refractivity contribution is 0.668. The van der Waals surface area contributed by atoms with Crippen molar-refractivity contribution in [2.75, 3.05) is 0 Å². The molecule has 0 aliphatic carbocycles. The van der Waals surface area contributed by atoms with Crippen LogP contribution in [0.2, 0.25) is 0 Å². The second kappa shape index (κ2) is 12.2.